The highest BCUT2D eigenvalue weighted by Gasteiger charge is 2.21. The first-order chi connectivity index (χ1) is 5.40. The van der Waals surface area contributed by atoms with E-state index in [2.05, 4.69) is 15.6 Å². The molecule has 1 aliphatic heterocycles. The van der Waals surface area contributed by atoms with E-state index >= 15 is 0 Å². The Hall–Kier alpha value is -1.29. The van der Waals surface area contributed by atoms with Crippen LogP contribution in [0, 0.1) is 0 Å². The average Bonchev–Trinajstić information content (AvgIpc) is 2.50. The van der Waals surface area contributed by atoms with Crippen molar-refractivity contribution in [3.63, 3.8) is 0 Å². The van der Waals surface area contributed by atoms with Crippen LogP contribution in [0.4, 0.5) is 0 Å². The molecule has 11 heavy (non-hydrogen) atoms. The Morgan fingerprint density at radius 3 is 3.45 bits per heavy atom. The fraction of sp³-hybridized carbons (Fsp3) is 0.286. The molecule has 0 bridgehead atoms. The van der Waals surface area contributed by atoms with Crippen LogP contribution in [-0.2, 0) is 9.68 Å². The Morgan fingerprint density at radius 1 is 1.73 bits per heavy atom. The molecule has 4 nitrogen and oxygen atoms in total. The van der Waals surface area contributed by atoms with Gasteiger partial charge in [0.15, 0.2) is 0 Å². The van der Waals surface area contributed by atoms with Gasteiger partial charge >= 0.3 is 0 Å². The average molecular weight is 152 g/mol. The van der Waals surface area contributed by atoms with Gasteiger partial charge in [-0.25, -0.2) is 0 Å². The zero-order valence-electron chi connectivity index (χ0n) is 6.07. The van der Waals surface area contributed by atoms with E-state index in [0.29, 0.717) is 0 Å². The van der Waals surface area contributed by atoms with Gasteiger partial charge in [0.2, 0.25) is 0 Å². The highest BCUT2D eigenvalue weighted by Crippen LogP contribution is 2.12. The quantitative estimate of drug-likeness (QED) is 0.589. The number of hydrogen-bond donors (Lipinski definition) is 1. The van der Waals surface area contributed by atoms with Gasteiger partial charge in [-0.2, -0.15) is 0 Å². The monoisotopic (exact) mass is 152 g/mol. The third-order valence-electron chi connectivity index (χ3n) is 1.63. The number of hydroxylamine groups is 1. The molecule has 1 unspecified atom stereocenters. The summed E-state index contributed by atoms with van der Waals surface area (Å²) in [6.45, 7) is 0. The standard InChI is InChI=1S/C7H8N2O2/c1-10-5-2-3-6-7(4-5)9-11-8-6/h2-4,6,8H,1H3. The molecule has 0 spiro atoms. The lowest BCUT2D eigenvalue weighted by Crippen LogP contribution is -2.27. The van der Waals surface area contributed by atoms with Gasteiger partial charge in [0.1, 0.15) is 17.5 Å². The van der Waals surface area contributed by atoms with E-state index in [1.807, 2.05) is 18.2 Å². The van der Waals surface area contributed by atoms with Crippen LogP contribution in [0.15, 0.2) is 29.1 Å². The number of methoxy groups -OCH3 is 1. The van der Waals surface area contributed by atoms with E-state index in [4.69, 9.17) is 4.74 Å². The van der Waals surface area contributed by atoms with Crippen molar-refractivity contribution >= 4 is 5.71 Å². The summed E-state index contributed by atoms with van der Waals surface area (Å²) in [5.74, 6) is 0.798. The van der Waals surface area contributed by atoms with Crippen LogP contribution in [0.1, 0.15) is 0 Å². The summed E-state index contributed by atoms with van der Waals surface area (Å²) in [4.78, 5) is 4.67. The summed E-state index contributed by atoms with van der Waals surface area (Å²) in [6.07, 6.45) is 5.65. The summed E-state index contributed by atoms with van der Waals surface area (Å²) >= 11 is 0. The molecule has 1 N–H and O–H groups in total. The lowest BCUT2D eigenvalue weighted by atomic mass is 10.1. The second kappa shape index (κ2) is 2.39. The van der Waals surface area contributed by atoms with Crippen LogP contribution in [0.3, 0.4) is 0 Å². The SMILES string of the molecule is COC1=CC2=NONC2C=C1. The number of fused-ring (bicyclic) bond motifs is 1. The minimum atomic E-state index is 0.0916. The lowest BCUT2D eigenvalue weighted by Gasteiger charge is -2.08. The molecule has 1 heterocycles. The zero-order valence-corrected chi connectivity index (χ0v) is 6.07. The predicted molar refractivity (Wildman–Crippen MR) is 39.7 cm³/mol. The summed E-state index contributed by atoms with van der Waals surface area (Å²) in [5, 5.41) is 3.75. The zero-order chi connectivity index (χ0) is 7.68. The molecule has 0 aromatic rings. The van der Waals surface area contributed by atoms with Crippen molar-refractivity contribution in [3.05, 3.63) is 24.0 Å². The van der Waals surface area contributed by atoms with E-state index < -0.39 is 0 Å². The van der Waals surface area contributed by atoms with Gasteiger partial charge < -0.3 is 4.74 Å². The van der Waals surface area contributed by atoms with Crippen LogP contribution in [0.2, 0.25) is 0 Å². The molecule has 0 fully saturated rings. The number of hydrogen-bond acceptors (Lipinski definition) is 4. The number of allylic oxidation sites excluding steroid dienone is 1. The molecule has 0 saturated carbocycles. The number of ether oxygens (including phenoxy) is 1. The molecule has 1 atom stereocenters. The van der Waals surface area contributed by atoms with Crippen molar-refractivity contribution in [2.45, 2.75) is 6.04 Å². The van der Waals surface area contributed by atoms with Gasteiger partial charge in [-0.1, -0.05) is 11.2 Å². The predicted octanol–water partition coefficient (Wildman–Crippen LogP) is 0.346. The third-order valence-corrected chi connectivity index (χ3v) is 1.63. The molecule has 2 rings (SSSR count). The lowest BCUT2D eigenvalue weighted by molar-refractivity contribution is 0.0671. The first kappa shape index (κ1) is 6.42. The summed E-state index contributed by atoms with van der Waals surface area (Å²) in [7, 11) is 1.63. The number of rotatable bonds is 1. The maximum atomic E-state index is 5.01. The van der Waals surface area contributed by atoms with Crippen molar-refractivity contribution in [1.29, 1.82) is 0 Å². The van der Waals surface area contributed by atoms with E-state index in [0.717, 1.165) is 11.5 Å². The Balaban J connectivity index is 2.25. The molecule has 0 aromatic carbocycles. The normalized spacial score (nSPS) is 26.8. The number of nitrogens with one attached hydrogen (secondary N) is 1. The van der Waals surface area contributed by atoms with Gasteiger partial charge in [-0.15, -0.1) is 5.48 Å². The Bertz CT molecular complexity index is 255. The largest absolute Gasteiger partial charge is 0.497 e. The summed E-state index contributed by atoms with van der Waals surface area (Å²) in [6, 6.07) is 0.0916. The second-order valence-corrected chi connectivity index (χ2v) is 2.31. The smallest absolute Gasteiger partial charge is 0.120 e. The van der Waals surface area contributed by atoms with Crippen molar-refractivity contribution in [3.8, 4) is 0 Å². The minimum absolute atomic E-state index is 0.0916. The first-order valence-corrected chi connectivity index (χ1v) is 3.33. The topological polar surface area (TPSA) is 42.9 Å². The van der Waals surface area contributed by atoms with Crippen LogP contribution in [0.5, 0.6) is 0 Å². The molecule has 0 saturated heterocycles. The number of oxime groups is 1. The molecular formula is C7H8N2O2. The van der Waals surface area contributed by atoms with E-state index in [-0.39, 0.29) is 6.04 Å². The molecule has 58 valence electrons. The first-order valence-electron chi connectivity index (χ1n) is 3.33. The highest BCUT2D eigenvalue weighted by atomic mass is 16.8. The van der Waals surface area contributed by atoms with Crippen LogP contribution in [-0.4, -0.2) is 18.9 Å². The second-order valence-electron chi connectivity index (χ2n) is 2.31. The van der Waals surface area contributed by atoms with Gasteiger partial charge in [-0.3, -0.25) is 4.94 Å². The van der Waals surface area contributed by atoms with Crippen LogP contribution in [0.25, 0.3) is 0 Å². The fourth-order valence-corrected chi connectivity index (χ4v) is 1.02. The highest BCUT2D eigenvalue weighted by molar-refractivity contribution is 6.02. The molecule has 0 amide bonds. The van der Waals surface area contributed by atoms with E-state index in [1.54, 1.807) is 7.11 Å². The molecule has 0 aromatic heterocycles. The van der Waals surface area contributed by atoms with Crippen molar-refractivity contribution < 1.29 is 9.68 Å². The van der Waals surface area contributed by atoms with Gasteiger partial charge in [0, 0.05) is 6.08 Å². The Labute approximate surface area is 64.1 Å². The maximum absolute atomic E-state index is 5.01. The summed E-state index contributed by atoms with van der Waals surface area (Å²) in [5.41, 5.74) is 3.56. The molecule has 1 aliphatic carbocycles. The van der Waals surface area contributed by atoms with E-state index in [9.17, 15) is 0 Å². The molecule has 0 radical (unpaired) electrons. The van der Waals surface area contributed by atoms with Gasteiger partial charge in [0.25, 0.3) is 0 Å². The summed E-state index contributed by atoms with van der Waals surface area (Å²) < 4.78 is 5.01. The number of nitrogens with zero attached hydrogens (tertiary/aromatic N) is 1. The van der Waals surface area contributed by atoms with Crippen LogP contribution < -0.4 is 5.48 Å². The van der Waals surface area contributed by atoms with E-state index in [1.165, 1.54) is 0 Å². The fourth-order valence-electron chi connectivity index (χ4n) is 1.02. The Morgan fingerprint density at radius 2 is 2.64 bits per heavy atom. The third kappa shape index (κ3) is 1.01. The Kier molecular flexibility index (Phi) is 1.40. The van der Waals surface area contributed by atoms with Gasteiger partial charge in [-0.05, 0) is 6.08 Å². The molecule has 4 heteroatoms. The minimum Gasteiger partial charge on any atom is -0.497 e. The van der Waals surface area contributed by atoms with Crippen molar-refractivity contribution in [1.82, 2.24) is 5.48 Å². The van der Waals surface area contributed by atoms with Crippen molar-refractivity contribution in [2.75, 3.05) is 7.11 Å². The van der Waals surface area contributed by atoms with Gasteiger partial charge in [0.05, 0.1) is 7.11 Å². The molecular weight excluding hydrogens is 144 g/mol. The van der Waals surface area contributed by atoms with Crippen LogP contribution >= 0.6 is 0 Å². The molecule has 2 aliphatic rings. The maximum Gasteiger partial charge on any atom is 0.120 e. The van der Waals surface area contributed by atoms with Crippen molar-refractivity contribution in [2.24, 2.45) is 5.16 Å².